The van der Waals surface area contributed by atoms with Crippen LogP contribution in [-0.2, 0) is 12.8 Å². The summed E-state index contributed by atoms with van der Waals surface area (Å²) in [6, 6.07) is 7.39. The quantitative estimate of drug-likeness (QED) is 0.737. The van der Waals surface area contributed by atoms with Crippen LogP contribution in [0.5, 0.6) is 0 Å². The number of aromatic amines is 1. The molecule has 4 nitrogen and oxygen atoms in total. The molecule has 1 aromatic carbocycles. The third kappa shape index (κ3) is 2.30. The van der Waals surface area contributed by atoms with Gasteiger partial charge in [0.25, 0.3) is 5.56 Å². The molecule has 0 saturated heterocycles. The van der Waals surface area contributed by atoms with Crippen LogP contribution >= 0.6 is 22.9 Å². The largest absolute Gasteiger partial charge is 0.324 e. The minimum absolute atomic E-state index is 0.0704. The Morgan fingerprint density at radius 2 is 2.05 bits per heavy atom. The Balaban J connectivity index is 1.81. The van der Waals surface area contributed by atoms with Gasteiger partial charge in [-0.2, -0.15) is 0 Å². The number of hydrogen-bond acceptors (Lipinski definition) is 4. The lowest BCUT2D eigenvalue weighted by Gasteiger charge is -2.09. The van der Waals surface area contributed by atoms with Crippen molar-refractivity contribution in [2.45, 2.75) is 25.7 Å². The molecule has 2 aromatic heterocycles. The number of thiophene rings is 1. The molecule has 1 aliphatic rings. The van der Waals surface area contributed by atoms with Crippen LogP contribution in [0.25, 0.3) is 10.2 Å². The fourth-order valence-corrected chi connectivity index (χ4v) is 4.36. The lowest BCUT2D eigenvalue weighted by atomic mass is 9.97. The van der Waals surface area contributed by atoms with Crippen molar-refractivity contribution in [1.82, 2.24) is 9.97 Å². The van der Waals surface area contributed by atoms with E-state index in [-0.39, 0.29) is 5.56 Å². The van der Waals surface area contributed by atoms with E-state index in [1.807, 2.05) is 18.2 Å². The van der Waals surface area contributed by atoms with E-state index in [4.69, 9.17) is 11.6 Å². The second kappa shape index (κ2) is 5.41. The monoisotopic (exact) mass is 331 g/mol. The van der Waals surface area contributed by atoms with Gasteiger partial charge in [-0.3, -0.25) is 9.78 Å². The molecule has 112 valence electrons. The average Bonchev–Trinajstić information content (AvgIpc) is 2.88. The number of benzene rings is 1. The van der Waals surface area contributed by atoms with Gasteiger partial charge in [0.05, 0.1) is 16.1 Å². The molecule has 0 fully saturated rings. The molecule has 0 amide bonds. The highest BCUT2D eigenvalue weighted by Gasteiger charge is 2.19. The first kappa shape index (κ1) is 13.8. The fraction of sp³-hybridized carbons (Fsp3) is 0.250. The summed E-state index contributed by atoms with van der Waals surface area (Å²) in [6.45, 7) is 0. The number of nitrogens with one attached hydrogen (secondary N) is 2. The summed E-state index contributed by atoms with van der Waals surface area (Å²) >= 11 is 7.77. The highest BCUT2D eigenvalue weighted by Crippen LogP contribution is 2.34. The Labute approximate surface area is 136 Å². The van der Waals surface area contributed by atoms with E-state index < -0.39 is 0 Å². The summed E-state index contributed by atoms with van der Waals surface area (Å²) in [5.41, 5.74) is 1.86. The number of para-hydroxylation sites is 1. The third-order valence-corrected chi connectivity index (χ3v) is 5.47. The minimum Gasteiger partial charge on any atom is -0.324 e. The van der Waals surface area contributed by atoms with E-state index >= 15 is 0 Å². The average molecular weight is 332 g/mol. The molecule has 6 heteroatoms. The number of rotatable bonds is 2. The molecule has 4 rings (SSSR count). The van der Waals surface area contributed by atoms with E-state index in [9.17, 15) is 4.79 Å². The summed E-state index contributed by atoms with van der Waals surface area (Å²) < 4.78 is 0. The Morgan fingerprint density at radius 1 is 1.23 bits per heavy atom. The van der Waals surface area contributed by atoms with E-state index in [2.05, 4.69) is 15.3 Å². The second-order valence-corrected chi connectivity index (χ2v) is 6.90. The van der Waals surface area contributed by atoms with Crippen LogP contribution in [0.3, 0.4) is 0 Å². The normalized spacial score (nSPS) is 14.0. The number of fused-ring (bicyclic) bond motifs is 3. The molecule has 0 unspecified atom stereocenters. The number of H-pyrrole nitrogens is 1. The molecule has 0 saturated carbocycles. The predicted molar refractivity (Wildman–Crippen MR) is 91.6 cm³/mol. The van der Waals surface area contributed by atoms with Crippen molar-refractivity contribution in [3.8, 4) is 0 Å². The van der Waals surface area contributed by atoms with E-state index in [1.54, 1.807) is 17.4 Å². The van der Waals surface area contributed by atoms with Crippen LogP contribution < -0.4 is 10.9 Å². The van der Waals surface area contributed by atoms with Crippen molar-refractivity contribution in [1.29, 1.82) is 0 Å². The van der Waals surface area contributed by atoms with Crippen LogP contribution in [0, 0.1) is 0 Å². The summed E-state index contributed by atoms with van der Waals surface area (Å²) in [7, 11) is 0. The molecular weight excluding hydrogens is 318 g/mol. The van der Waals surface area contributed by atoms with Gasteiger partial charge in [0.2, 0.25) is 5.95 Å². The summed E-state index contributed by atoms with van der Waals surface area (Å²) in [5, 5.41) is 4.45. The standard InChI is InChI=1S/C16H14ClN3OS/c17-10-6-2-3-7-11(10)18-16-19-14(21)13-9-5-1-4-8-12(9)22-15(13)20-16/h2-3,6-7H,1,4-5,8H2,(H2,18,19,20,21). The van der Waals surface area contributed by atoms with Gasteiger partial charge in [-0.1, -0.05) is 23.7 Å². The maximum atomic E-state index is 12.4. The summed E-state index contributed by atoms with van der Waals surface area (Å²) in [6.07, 6.45) is 4.39. The molecule has 3 aromatic rings. The van der Waals surface area contributed by atoms with E-state index in [0.29, 0.717) is 11.0 Å². The fourth-order valence-electron chi connectivity index (χ4n) is 2.91. The van der Waals surface area contributed by atoms with Crippen LogP contribution in [0.1, 0.15) is 23.3 Å². The van der Waals surface area contributed by atoms with E-state index in [1.165, 1.54) is 16.9 Å². The molecule has 0 bridgehead atoms. The van der Waals surface area contributed by atoms with Crippen molar-refractivity contribution >= 4 is 44.8 Å². The minimum atomic E-state index is -0.0704. The van der Waals surface area contributed by atoms with Gasteiger partial charge in [-0.05, 0) is 43.4 Å². The zero-order valence-electron chi connectivity index (χ0n) is 11.8. The van der Waals surface area contributed by atoms with Crippen LogP contribution in [-0.4, -0.2) is 9.97 Å². The van der Waals surface area contributed by atoms with Gasteiger partial charge in [0.1, 0.15) is 4.83 Å². The first-order valence-electron chi connectivity index (χ1n) is 7.28. The first-order chi connectivity index (χ1) is 10.7. The number of halogens is 1. The van der Waals surface area contributed by atoms with Crippen molar-refractivity contribution in [3.63, 3.8) is 0 Å². The van der Waals surface area contributed by atoms with Crippen LogP contribution in [0.2, 0.25) is 5.02 Å². The van der Waals surface area contributed by atoms with Crippen molar-refractivity contribution in [2.75, 3.05) is 5.32 Å². The highest BCUT2D eigenvalue weighted by atomic mass is 35.5. The van der Waals surface area contributed by atoms with Gasteiger partial charge < -0.3 is 5.32 Å². The number of nitrogens with zero attached hydrogens (tertiary/aromatic N) is 1. The van der Waals surface area contributed by atoms with Gasteiger partial charge in [-0.25, -0.2) is 4.98 Å². The summed E-state index contributed by atoms with van der Waals surface area (Å²) in [5.74, 6) is 0.434. The zero-order chi connectivity index (χ0) is 15.1. The predicted octanol–water partition coefficient (Wildman–Crippen LogP) is 4.26. The SMILES string of the molecule is O=c1[nH]c(Nc2ccccc2Cl)nc2sc3c(c12)CCCC3. The van der Waals surface area contributed by atoms with Gasteiger partial charge >= 0.3 is 0 Å². The lowest BCUT2D eigenvalue weighted by Crippen LogP contribution is -2.12. The molecule has 0 radical (unpaired) electrons. The number of anilines is 2. The Morgan fingerprint density at radius 3 is 2.91 bits per heavy atom. The third-order valence-electron chi connectivity index (χ3n) is 3.95. The Kier molecular flexibility index (Phi) is 3.39. The molecular formula is C16H14ClN3OS. The molecule has 0 aliphatic heterocycles. The smallest absolute Gasteiger partial charge is 0.261 e. The van der Waals surface area contributed by atoms with Crippen molar-refractivity contribution in [2.24, 2.45) is 0 Å². The molecule has 0 atom stereocenters. The zero-order valence-corrected chi connectivity index (χ0v) is 13.4. The van der Waals surface area contributed by atoms with E-state index in [0.717, 1.165) is 35.2 Å². The highest BCUT2D eigenvalue weighted by molar-refractivity contribution is 7.18. The summed E-state index contributed by atoms with van der Waals surface area (Å²) in [4.78, 5) is 22.0. The Bertz CT molecular complexity index is 915. The molecule has 2 heterocycles. The van der Waals surface area contributed by atoms with Gasteiger partial charge in [0, 0.05) is 4.88 Å². The molecule has 22 heavy (non-hydrogen) atoms. The lowest BCUT2D eigenvalue weighted by molar-refractivity contribution is 0.700. The topological polar surface area (TPSA) is 57.8 Å². The maximum absolute atomic E-state index is 12.4. The molecule has 2 N–H and O–H groups in total. The Hall–Kier alpha value is -1.85. The molecule has 1 aliphatic carbocycles. The van der Waals surface area contributed by atoms with Crippen LogP contribution in [0.15, 0.2) is 29.1 Å². The number of aromatic nitrogens is 2. The second-order valence-electron chi connectivity index (χ2n) is 5.41. The first-order valence-corrected chi connectivity index (χ1v) is 8.48. The van der Waals surface area contributed by atoms with Crippen molar-refractivity contribution in [3.05, 3.63) is 50.1 Å². The van der Waals surface area contributed by atoms with Gasteiger partial charge in [0.15, 0.2) is 0 Å². The number of hydrogen-bond donors (Lipinski definition) is 2. The maximum Gasteiger partial charge on any atom is 0.261 e. The van der Waals surface area contributed by atoms with Crippen molar-refractivity contribution < 1.29 is 0 Å². The molecule has 0 spiro atoms. The van der Waals surface area contributed by atoms with Gasteiger partial charge in [-0.15, -0.1) is 11.3 Å². The number of aryl methyl sites for hydroxylation is 2. The van der Waals surface area contributed by atoms with Crippen LogP contribution in [0.4, 0.5) is 11.6 Å².